The van der Waals surface area contributed by atoms with Gasteiger partial charge < -0.3 is 5.73 Å². The number of rotatable bonds is 4. The second-order valence-corrected chi connectivity index (χ2v) is 3.99. The maximum Gasteiger partial charge on any atom is 0.0795 e. The molecule has 12 heavy (non-hydrogen) atoms. The molecule has 1 heterocycles. The standard InChI is InChI=1S/C9H16N2S/c1-3-7(2)4-8(10)9-5-12-6-11-9/h5-8H,3-4,10H2,1-2H3. The summed E-state index contributed by atoms with van der Waals surface area (Å²) in [5.41, 5.74) is 8.84. The maximum atomic E-state index is 5.96. The summed E-state index contributed by atoms with van der Waals surface area (Å²) < 4.78 is 0. The van der Waals surface area contributed by atoms with Gasteiger partial charge in [0.2, 0.25) is 0 Å². The summed E-state index contributed by atoms with van der Waals surface area (Å²) in [6.45, 7) is 4.42. The van der Waals surface area contributed by atoms with Gasteiger partial charge in [0.1, 0.15) is 0 Å². The van der Waals surface area contributed by atoms with E-state index in [1.54, 1.807) is 11.3 Å². The molecule has 0 saturated carbocycles. The molecule has 0 amide bonds. The van der Waals surface area contributed by atoms with E-state index in [1.807, 2.05) is 10.9 Å². The lowest BCUT2D eigenvalue weighted by Crippen LogP contribution is -2.13. The van der Waals surface area contributed by atoms with Crippen LogP contribution in [0.25, 0.3) is 0 Å². The minimum Gasteiger partial charge on any atom is -0.323 e. The molecule has 1 aromatic rings. The highest BCUT2D eigenvalue weighted by atomic mass is 32.1. The van der Waals surface area contributed by atoms with Crippen molar-refractivity contribution in [2.75, 3.05) is 0 Å². The minimum absolute atomic E-state index is 0.131. The zero-order valence-corrected chi connectivity index (χ0v) is 8.47. The highest BCUT2D eigenvalue weighted by Gasteiger charge is 2.10. The number of nitrogens with zero attached hydrogens (tertiary/aromatic N) is 1. The smallest absolute Gasteiger partial charge is 0.0795 e. The molecule has 0 aliphatic rings. The topological polar surface area (TPSA) is 38.9 Å². The molecule has 68 valence electrons. The number of thiazole rings is 1. The van der Waals surface area contributed by atoms with Crippen LogP contribution in [0.2, 0.25) is 0 Å². The molecule has 0 radical (unpaired) electrons. The fourth-order valence-corrected chi connectivity index (χ4v) is 1.74. The van der Waals surface area contributed by atoms with Crippen LogP contribution in [0.1, 0.15) is 38.4 Å². The van der Waals surface area contributed by atoms with Gasteiger partial charge in [0.25, 0.3) is 0 Å². The molecule has 2 unspecified atom stereocenters. The number of hydrogen-bond acceptors (Lipinski definition) is 3. The van der Waals surface area contributed by atoms with Crippen molar-refractivity contribution >= 4 is 11.3 Å². The summed E-state index contributed by atoms with van der Waals surface area (Å²) in [4.78, 5) is 4.20. The Hall–Kier alpha value is -0.410. The third kappa shape index (κ3) is 2.57. The van der Waals surface area contributed by atoms with Crippen LogP contribution in [0.3, 0.4) is 0 Å². The largest absolute Gasteiger partial charge is 0.323 e. The van der Waals surface area contributed by atoms with Crippen LogP contribution in [-0.2, 0) is 0 Å². The van der Waals surface area contributed by atoms with Crippen LogP contribution in [0.15, 0.2) is 10.9 Å². The summed E-state index contributed by atoms with van der Waals surface area (Å²) in [5.74, 6) is 0.696. The van der Waals surface area contributed by atoms with Gasteiger partial charge in [-0.25, -0.2) is 4.98 Å². The monoisotopic (exact) mass is 184 g/mol. The lowest BCUT2D eigenvalue weighted by molar-refractivity contribution is 0.457. The molecule has 1 rings (SSSR count). The SMILES string of the molecule is CCC(C)CC(N)c1cscn1. The molecule has 2 atom stereocenters. The zero-order chi connectivity index (χ0) is 8.97. The van der Waals surface area contributed by atoms with Crippen LogP contribution in [0, 0.1) is 5.92 Å². The summed E-state index contributed by atoms with van der Waals surface area (Å²) in [6, 6.07) is 0.131. The molecule has 0 fully saturated rings. The Morgan fingerprint density at radius 3 is 2.92 bits per heavy atom. The molecule has 2 nitrogen and oxygen atoms in total. The molecule has 0 aliphatic heterocycles. The summed E-state index contributed by atoms with van der Waals surface area (Å²) >= 11 is 1.61. The lowest BCUT2D eigenvalue weighted by atomic mass is 9.98. The average molecular weight is 184 g/mol. The van der Waals surface area contributed by atoms with Gasteiger partial charge in [-0.05, 0) is 12.3 Å². The second kappa shape index (κ2) is 4.58. The van der Waals surface area contributed by atoms with Gasteiger partial charge in [0, 0.05) is 11.4 Å². The van der Waals surface area contributed by atoms with Gasteiger partial charge in [0.15, 0.2) is 0 Å². The number of aromatic nitrogens is 1. The van der Waals surface area contributed by atoms with Crippen molar-refractivity contribution in [1.29, 1.82) is 0 Å². The van der Waals surface area contributed by atoms with Crippen LogP contribution in [0.4, 0.5) is 0 Å². The van der Waals surface area contributed by atoms with Crippen molar-refractivity contribution in [3.63, 3.8) is 0 Å². The van der Waals surface area contributed by atoms with Gasteiger partial charge in [-0.15, -0.1) is 11.3 Å². The molecular formula is C9H16N2S. The second-order valence-electron chi connectivity index (χ2n) is 3.27. The molecule has 0 aromatic carbocycles. The predicted octanol–water partition coefficient (Wildman–Crippen LogP) is 2.58. The number of nitrogens with two attached hydrogens (primary N) is 1. The molecular weight excluding hydrogens is 168 g/mol. The Morgan fingerprint density at radius 1 is 1.67 bits per heavy atom. The fourth-order valence-electron chi connectivity index (χ4n) is 1.13. The Bertz CT molecular complexity index is 208. The van der Waals surface area contributed by atoms with Crippen LogP contribution < -0.4 is 5.73 Å². The van der Waals surface area contributed by atoms with Crippen molar-refractivity contribution in [2.45, 2.75) is 32.7 Å². The van der Waals surface area contributed by atoms with Crippen molar-refractivity contribution in [1.82, 2.24) is 4.98 Å². The maximum absolute atomic E-state index is 5.96. The van der Waals surface area contributed by atoms with Crippen LogP contribution >= 0.6 is 11.3 Å². The first-order valence-electron chi connectivity index (χ1n) is 4.37. The van der Waals surface area contributed by atoms with Crippen molar-refractivity contribution < 1.29 is 0 Å². The average Bonchev–Trinajstić information content (AvgIpc) is 2.56. The predicted molar refractivity (Wildman–Crippen MR) is 53.1 cm³/mol. The van der Waals surface area contributed by atoms with Gasteiger partial charge in [0.05, 0.1) is 11.2 Å². The Labute approximate surface area is 77.8 Å². The van der Waals surface area contributed by atoms with Gasteiger partial charge >= 0.3 is 0 Å². The van der Waals surface area contributed by atoms with Crippen LogP contribution in [0.5, 0.6) is 0 Å². The fraction of sp³-hybridized carbons (Fsp3) is 0.667. The van der Waals surface area contributed by atoms with E-state index in [-0.39, 0.29) is 6.04 Å². The van der Waals surface area contributed by atoms with Gasteiger partial charge in [-0.2, -0.15) is 0 Å². The van der Waals surface area contributed by atoms with E-state index in [1.165, 1.54) is 6.42 Å². The van der Waals surface area contributed by atoms with E-state index in [4.69, 9.17) is 5.73 Å². The molecule has 0 aliphatic carbocycles. The summed E-state index contributed by atoms with van der Waals surface area (Å²) in [5, 5.41) is 2.03. The molecule has 3 heteroatoms. The van der Waals surface area contributed by atoms with E-state index in [2.05, 4.69) is 18.8 Å². The summed E-state index contributed by atoms with van der Waals surface area (Å²) in [7, 11) is 0. The molecule has 0 saturated heterocycles. The molecule has 0 spiro atoms. The first-order chi connectivity index (χ1) is 5.74. The van der Waals surface area contributed by atoms with E-state index in [0.29, 0.717) is 5.92 Å². The Kier molecular flexibility index (Phi) is 3.69. The normalized spacial score (nSPS) is 15.9. The summed E-state index contributed by atoms with van der Waals surface area (Å²) in [6.07, 6.45) is 2.23. The highest BCUT2D eigenvalue weighted by Crippen LogP contribution is 2.20. The third-order valence-electron chi connectivity index (χ3n) is 2.18. The number of hydrogen-bond donors (Lipinski definition) is 1. The van der Waals surface area contributed by atoms with Crippen molar-refractivity contribution in [3.05, 3.63) is 16.6 Å². The zero-order valence-electron chi connectivity index (χ0n) is 7.66. The quantitative estimate of drug-likeness (QED) is 0.781. The van der Waals surface area contributed by atoms with Crippen LogP contribution in [-0.4, -0.2) is 4.98 Å². The third-order valence-corrected chi connectivity index (χ3v) is 2.79. The highest BCUT2D eigenvalue weighted by molar-refractivity contribution is 7.07. The first kappa shape index (κ1) is 9.68. The van der Waals surface area contributed by atoms with E-state index in [0.717, 1.165) is 12.1 Å². The van der Waals surface area contributed by atoms with Gasteiger partial charge in [-0.3, -0.25) is 0 Å². The molecule has 2 N–H and O–H groups in total. The molecule has 1 aromatic heterocycles. The van der Waals surface area contributed by atoms with Crippen molar-refractivity contribution in [2.24, 2.45) is 11.7 Å². The lowest BCUT2D eigenvalue weighted by Gasteiger charge is -2.13. The van der Waals surface area contributed by atoms with Crippen molar-refractivity contribution in [3.8, 4) is 0 Å². The molecule has 0 bridgehead atoms. The van der Waals surface area contributed by atoms with E-state index < -0.39 is 0 Å². The first-order valence-corrected chi connectivity index (χ1v) is 5.32. The van der Waals surface area contributed by atoms with E-state index in [9.17, 15) is 0 Å². The Balaban J connectivity index is 2.44. The Morgan fingerprint density at radius 2 is 2.42 bits per heavy atom. The minimum atomic E-state index is 0.131. The van der Waals surface area contributed by atoms with Gasteiger partial charge in [-0.1, -0.05) is 20.3 Å². The van der Waals surface area contributed by atoms with E-state index >= 15 is 0 Å².